The molecule has 0 saturated carbocycles. The van der Waals surface area contributed by atoms with E-state index in [1.807, 2.05) is 60.7 Å². The Balaban J connectivity index is 1.73. The van der Waals surface area contributed by atoms with Crippen LogP contribution >= 0.6 is 0 Å². The molecule has 28 heavy (non-hydrogen) atoms. The number of carbonyl (C=O) groups is 2. The van der Waals surface area contributed by atoms with Crippen molar-refractivity contribution >= 4 is 11.9 Å². The van der Waals surface area contributed by atoms with Crippen molar-refractivity contribution in [1.82, 2.24) is 15.5 Å². The molecule has 2 aromatic carbocycles. The van der Waals surface area contributed by atoms with Gasteiger partial charge in [0, 0.05) is 13.1 Å². The van der Waals surface area contributed by atoms with Gasteiger partial charge in [0.2, 0.25) is 5.91 Å². The van der Waals surface area contributed by atoms with E-state index in [0.29, 0.717) is 19.5 Å². The Labute approximate surface area is 167 Å². The van der Waals surface area contributed by atoms with Crippen LogP contribution in [-0.4, -0.2) is 36.0 Å². The smallest absolute Gasteiger partial charge is 0.318 e. The van der Waals surface area contributed by atoms with Crippen LogP contribution in [0.5, 0.6) is 0 Å². The fourth-order valence-electron chi connectivity index (χ4n) is 3.64. The van der Waals surface area contributed by atoms with Gasteiger partial charge in [-0.2, -0.15) is 0 Å². The van der Waals surface area contributed by atoms with Crippen LogP contribution in [0.1, 0.15) is 49.8 Å². The standard InChI is InChI=1S/C23H29N3O2/c1-2-3-16-24-23(28)26-17-10-15-20(26)22(27)25-21(18-11-6-4-7-12-18)19-13-8-5-9-14-19/h4-9,11-14,20-21H,2-3,10,15-17H2,1H3,(H,24,28)(H,25,27). The Morgan fingerprint density at radius 3 is 2.21 bits per heavy atom. The highest BCUT2D eigenvalue weighted by atomic mass is 16.2. The first-order valence-electron chi connectivity index (χ1n) is 10.2. The van der Waals surface area contributed by atoms with Gasteiger partial charge in [0.05, 0.1) is 6.04 Å². The predicted octanol–water partition coefficient (Wildman–Crippen LogP) is 3.87. The van der Waals surface area contributed by atoms with E-state index in [4.69, 9.17) is 0 Å². The number of nitrogens with zero attached hydrogens (tertiary/aromatic N) is 1. The SMILES string of the molecule is CCCCNC(=O)N1CCCC1C(=O)NC(c1ccccc1)c1ccccc1. The van der Waals surface area contributed by atoms with Crippen LogP contribution in [0, 0.1) is 0 Å². The van der Waals surface area contributed by atoms with Gasteiger partial charge in [-0.25, -0.2) is 4.79 Å². The fraction of sp³-hybridized carbons (Fsp3) is 0.391. The molecule has 1 aliphatic rings. The zero-order valence-corrected chi connectivity index (χ0v) is 16.4. The molecule has 1 atom stereocenters. The number of benzene rings is 2. The summed E-state index contributed by atoms with van der Waals surface area (Å²) in [5, 5.41) is 6.12. The number of carbonyl (C=O) groups excluding carboxylic acids is 2. The second kappa shape index (κ2) is 9.93. The number of rotatable bonds is 7. The van der Waals surface area contributed by atoms with Gasteiger partial charge in [0.1, 0.15) is 6.04 Å². The minimum Gasteiger partial charge on any atom is -0.343 e. The largest absolute Gasteiger partial charge is 0.343 e. The number of likely N-dealkylation sites (tertiary alicyclic amines) is 1. The predicted molar refractivity (Wildman–Crippen MR) is 111 cm³/mol. The van der Waals surface area contributed by atoms with E-state index in [9.17, 15) is 9.59 Å². The Morgan fingerprint density at radius 1 is 1.04 bits per heavy atom. The first-order chi connectivity index (χ1) is 13.7. The average molecular weight is 380 g/mol. The topological polar surface area (TPSA) is 61.4 Å². The summed E-state index contributed by atoms with van der Waals surface area (Å²) >= 11 is 0. The molecule has 0 bridgehead atoms. The molecule has 1 fully saturated rings. The van der Waals surface area contributed by atoms with Crippen molar-refractivity contribution in [2.45, 2.75) is 44.7 Å². The van der Waals surface area contributed by atoms with Crippen LogP contribution in [0.4, 0.5) is 4.79 Å². The van der Waals surface area contributed by atoms with Crippen molar-refractivity contribution < 1.29 is 9.59 Å². The van der Waals surface area contributed by atoms with E-state index in [2.05, 4.69) is 17.6 Å². The lowest BCUT2D eigenvalue weighted by Gasteiger charge is -2.27. The molecule has 5 nitrogen and oxygen atoms in total. The lowest BCUT2D eigenvalue weighted by Crippen LogP contribution is -2.50. The van der Waals surface area contributed by atoms with Gasteiger partial charge in [-0.05, 0) is 30.4 Å². The van der Waals surface area contributed by atoms with Crippen LogP contribution in [-0.2, 0) is 4.79 Å². The maximum atomic E-state index is 13.1. The number of hydrogen-bond acceptors (Lipinski definition) is 2. The number of urea groups is 1. The molecule has 1 saturated heterocycles. The maximum Gasteiger partial charge on any atom is 0.318 e. The number of nitrogens with one attached hydrogen (secondary N) is 2. The van der Waals surface area contributed by atoms with Crippen molar-refractivity contribution in [3.8, 4) is 0 Å². The fourth-order valence-corrected chi connectivity index (χ4v) is 3.64. The molecule has 3 amide bonds. The molecule has 0 aliphatic carbocycles. The third-order valence-electron chi connectivity index (χ3n) is 5.18. The maximum absolute atomic E-state index is 13.1. The van der Waals surface area contributed by atoms with Gasteiger partial charge in [-0.15, -0.1) is 0 Å². The summed E-state index contributed by atoms with van der Waals surface area (Å²) in [6, 6.07) is 19.1. The zero-order valence-electron chi connectivity index (χ0n) is 16.4. The monoisotopic (exact) mass is 379 g/mol. The molecule has 2 N–H and O–H groups in total. The van der Waals surface area contributed by atoms with E-state index < -0.39 is 6.04 Å². The van der Waals surface area contributed by atoms with Crippen molar-refractivity contribution in [3.63, 3.8) is 0 Å². The number of unbranched alkanes of at least 4 members (excludes halogenated alkanes) is 1. The highest BCUT2D eigenvalue weighted by Gasteiger charge is 2.35. The van der Waals surface area contributed by atoms with Gasteiger partial charge >= 0.3 is 6.03 Å². The van der Waals surface area contributed by atoms with Crippen molar-refractivity contribution in [2.24, 2.45) is 0 Å². The van der Waals surface area contributed by atoms with Crippen LogP contribution < -0.4 is 10.6 Å². The Kier molecular flexibility index (Phi) is 7.06. The molecule has 5 heteroatoms. The van der Waals surface area contributed by atoms with Crippen LogP contribution in [0.25, 0.3) is 0 Å². The quantitative estimate of drug-likeness (QED) is 0.718. The highest BCUT2D eigenvalue weighted by molar-refractivity contribution is 5.88. The molecule has 148 valence electrons. The molecule has 3 rings (SSSR count). The van der Waals surface area contributed by atoms with E-state index in [0.717, 1.165) is 30.4 Å². The van der Waals surface area contributed by atoms with Crippen molar-refractivity contribution in [2.75, 3.05) is 13.1 Å². The van der Waals surface area contributed by atoms with Gasteiger partial charge in [-0.1, -0.05) is 74.0 Å². The molecule has 0 radical (unpaired) electrons. The minimum absolute atomic E-state index is 0.0964. The van der Waals surface area contributed by atoms with E-state index in [1.165, 1.54) is 0 Å². The van der Waals surface area contributed by atoms with Gasteiger partial charge in [0.15, 0.2) is 0 Å². The van der Waals surface area contributed by atoms with Gasteiger partial charge < -0.3 is 15.5 Å². The zero-order chi connectivity index (χ0) is 19.8. The summed E-state index contributed by atoms with van der Waals surface area (Å²) in [4.78, 5) is 27.3. The van der Waals surface area contributed by atoms with Crippen LogP contribution in [0.3, 0.4) is 0 Å². The minimum atomic E-state index is -0.420. The lowest BCUT2D eigenvalue weighted by atomic mass is 9.98. The van der Waals surface area contributed by atoms with E-state index >= 15 is 0 Å². The van der Waals surface area contributed by atoms with Crippen molar-refractivity contribution in [1.29, 1.82) is 0 Å². The molecule has 2 aromatic rings. The normalized spacial score (nSPS) is 16.2. The summed E-state index contributed by atoms with van der Waals surface area (Å²) in [6.45, 7) is 3.36. The van der Waals surface area contributed by atoms with Crippen LogP contribution in [0.2, 0.25) is 0 Å². The third-order valence-corrected chi connectivity index (χ3v) is 5.18. The van der Waals surface area contributed by atoms with Crippen molar-refractivity contribution in [3.05, 3.63) is 71.8 Å². The first kappa shape index (κ1) is 19.9. The summed E-state index contributed by atoms with van der Waals surface area (Å²) in [7, 11) is 0. The second-order valence-electron chi connectivity index (χ2n) is 7.20. The molecule has 0 spiro atoms. The summed E-state index contributed by atoms with van der Waals surface area (Å²) in [5.41, 5.74) is 2.05. The lowest BCUT2D eigenvalue weighted by molar-refractivity contribution is -0.125. The summed E-state index contributed by atoms with van der Waals surface area (Å²) in [5.74, 6) is -0.0964. The Hall–Kier alpha value is -2.82. The second-order valence-corrected chi connectivity index (χ2v) is 7.20. The molecule has 1 heterocycles. The third kappa shape index (κ3) is 4.91. The average Bonchev–Trinajstić information content (AvgIpc) is 3.23. The van der Waals surface area contributed by atoms with Gasteiger partial charge in [-0.3, -0.25) is 4.79 Å². The highest BCUT2D eigenvalue weighted by Crippen LogP contribution is 2.24. The molecular weight excluding hydrogens is 350 g/mol. The number of hydrogen-bond donors (Lipinski definition) is 2. The first-order valence-corrected chi connectivity index (χ1v) is 10.2. The summed E-state index contributed by atoms with van der Waals surface area (Å²) < 4.78 is 0. The summed E-state index contributed by atoms with van der Waals surface area (Å²) in [6.07, 6.45) is 3.52. The van der Waals surface area contributed by atoms with E-state index in [1.54, 1.807) is 4.90 Å². The molecule has 1 unspecified atom stereocenters. The molecular formula is C23H29N3O2. The Morgan fingerprint density at radius 2 is 1.64 bits per heavy atom. The van der Waals surface area contributed by atoms with Gasteiger partial charge in [0.25, 0.3) is 0 Å². The Bertz CT molecular complexity index is 724. The molecule has 0 aromatic heterocycles. The van der Waals surface area contributed by atoms with Crippen LogP contribution in [0.15, 0.2) is 60.7 Å². The molecule has 1 aliphatic heterocycles. The van der Waals surface area contributed by atoms with E-state index in [-0.39, 0.29) is 18.0 Å². The number of amides is 3.